The maximum absolute atomic E-state index is 6.07. The number of aryl methyl sites for hydroxylation is 1. The van der Waals surface area contributed by atoms with Gasteiger partial charge in [0.05, 0.1) is 15.2 Å². The molecule has 0 aliphatic carbocycles. The summed E-state index contributed by atoms with van der Waals surface area (Å²) in [6.45, 7) is 2.02. The van der Waals surface area contributed by atoms with Crippen LogP contribution in [0.3, 0.4) is 0 Å². The number of halogens is 2. The van der Waals surface area contributed by atoms with E-state index in [1.165, 1.54) is 0 Å². The van der Waals surface area contributed by atoms with Gasteiger partial charge in [0, 0.05) is 19.5 Å². The molecule has 0 amide bonds. The van der Waals surface area contributed by atoms with Gasteiger partial charge in [0.2, 0.25) is 0 Å². The average Bonchev–Trinajstić information content (AvgIpc) is 2.43. The van der Waals surface area contributed by atoms with Crippen LogP contribution in [0.1, 0.15) is 12.7 Å². The van der Waals surface area contributed by atoms with Gasteiger partial charge in [-0.1, -0.05) is 24.6 Å². The number of hydrogen-bond donors (Lipinski definition) is 2. The van der Waals surface area contributed by atoms with Crippen molar-refractivity contribution in [2.75, 3.05) is 17.7 Å². The van der Waals surface area contributed by atoms with E-state index in [0.29, 0.717) is 5.02 Å². The number of nitrogens with one attached hydrogen (secondary N) is 2. The van der Waals surface area contributed by atoms with Crippen molar-refractivity contribution >= 4 is 44.9 Å². The van der Waals surface area contributed by atoms with Crippen molar-refractivity contribution < 1.29 is 0 Å². The molecule has 2 aromatic rings. The SMILES string of the molecule is CCc1nc(NC)cc(Nc2cccc(Cl)c2Br)n1. The van der Waals surface area contributed by atoms with Crippen LogP contribution in [0.4, 0.5) is 17.3 Å². The molecule has 0 saturated heterocycles. The van der Waals surface area contributed by atoms with E-state index in [4.69, 9.17) is 11.6 Å². The highest BCUT2D eigenvalue weighted by Gasteiger charge is 2.07. The molecule has 0 aliphatic heterocycles. The maximum Gasteiger partial charge on any atom is 0.136 e. The Labute approximate surface area is 125 Å². The minimum Gasteiger partial charge on any atom is -0.373 e. The Morgan fingerprint density at radius 2 is 2.00 bits per heavy atom. The predicted octanol–water partition coefficient (Wildman–Crippen LogP) is 4.24. The van der Waals surface area contributed by atoms with Crippen LogP contribution in [-0.2, 0) is 6.42 Å². The second-order valence-electron chi connectivity index (χ2n) is 3.88. The molecule has 0 unspecified atom stereocenters. The molecule has 0 fully saturated rings. The van der Waals surface area contributed by atoms with E-state index in [9.17, 15) is 0 Å². The van der Waals surface area contributed by atoms with Crippen LogP contribution in [0.2, 0.25) is 5.02 Å². The summed E-state index contributed by atoms with van der Waals surface area (Å²) in [4.78, 5) is 8.79. The lowest BCUT2D eigenvalue weighted by atomic mass is 10.3. The van der Waals surface area contributed by atoms with Crippen LogP contribution >= 0.6 is 27.5 Å². The van der Waals surface area contributed by atoms with E-state index >= 15 is 0 Å². The summed E-state index contributed by atoms with van der Waals surface area (Å²) in [5.74, 6) is 2.30. The van der Waals surface area contributed by atoms with Gasteiger partial charge in [0.25, 0.3) is 0 Å². The summed E-state index contributed by atoms with van der Waals surface area (Å²) >= 11 is 9.52. The molecule has 2 N–H and O–H groups in total. The van der Waals surface area contributed by atoms with Crippen LogP contribution in [0.5, 0.6) is 0 Å². The van der Waals surface area contributed by atoms with Gasteiger partial charge in [-0.2, -0.15) is 0 Å². The Balaban J connectivity index is 2.34. The molecule has 1 aromatic carbocycles. The molecule has 0 saturated carbocycles. The van der Waals surface area contributed by atoms with Crippen molar-refractivity contribution in [1.82, 2.24) is 9.97 Å². The first-order valence-electron chi connectivity index (χ1n) is 5.90. The Bertz CT molecular complexity index is 567. The molecular weight excluding hydrogens is 328 g/mol. The third-order valence-corrected chi connectivity index (χ3v) is 3.96. The molecule has 0 aliphatic rings. The lowest BCUT2D eigenvalue weighted by molar-refractivity contribution is 0.944. The van der Waals surface area contributed by atoms with Gasteiger partial charge in [-0.15, -0.1) is 0 Å². The van der Waals surface area contributed by atoms with Crippen LogP contribution in [0, 0.1) is 0 Å². The lowest BCUT2D eigenvalue weighted by Crippen LogP contribution is -2.03. The van der Waals surface area contributed by atoms with Crippen molar-refractivity contribution in [3.63, 3.8) is 0 Å². The summed E-state index contributed by atoms with van der Waals surface area (Å²) in [7, 11) is 1.83. The summed E-state index contributed by atoms with van der Waals surface area (Å²) in [5.41, 5.74) is 0.871. The molecule has 6 heteroatoms. The first-order chi connectivity index (χ1) is 9.13. The Morgan fingerprint density at radius 3 is 2.68 bits per heavy atom. The van der Waals surface area contributed by atoms with Gasteiger partial charge in [-0.3, -0.25) is 0 Å². The first-order valence-corrected chi connectivity index (χ1v) is 7.08. The summed E-state index contributed by atoms with van der Waals surface area (Å²) < 4.78 is 0.819. The lowest BCUT2D eigenvalue weighted by Gasteiger charge is -2.11. The van der Waals surface area contributed by atoms with Gasteiger partial charge < -0.3 is 10.6 Å². The second kappa shape index (κ2) is 6.21. The van der Waals surface area contributed by atoms with Gasteiger partial charge >= 0.3 is 0 Å². The summed E-state index contributed by atoms with van der Waals surface area (Å²) in [5, 5.41) is 6.92. The van der Waals surface area contributed by atoms with E-state index < -0.39 is 0 Å². The van der Waals surface area contributed by atoms with Crippen LogP contribution in [0.15, 0.2) is 28.7 Å². The van der Waals surface area contributed by atoms with E-state index in [0.717, 1.165) is 34.0 Å². The van der Waals surface area contributed by atoms with Gasteiger partial charge in [-0.05, 0) is 28.1 Å². The largest absolute Gasteiger partial charge is 0.373 e. The van der Waals surface area contributed by atoms with Crippen molar-refractivity contribution in [2.24, 2.45) is 0 Å². The first kappa shape index (κ1) is 14.1. The number of hydrogen-bond acceptors (Lipinski definition) is 4. The molecule has 0 atom stereocenters. The fourth-order valence-corrected chi connectivity index (χ4v) is 2.12. The standard InChI is InChI=1S/C13H14BrClN4/c1-3-10-18-11(16-2)7-12(19-10)17-9-6-4-5-8(15)13(9)14/h4-7H,3H2,1-2H3,(H2,16,17,18,19). The number of rotatable bonds is 4. The van der Waals surface area contributed by atoms with Gasteiger partial charge in [0.1, 0.15) is 17.5 Å². The Hall–Kier alpha value is -1.33. The minimum atomic E-state index is 0.656. The molecule has 2 rings (SSSR count). The van der Waals surface area contributed by atoms with Crippen LogP contribution in [-0.4, -0.2) is 17.0 Å². The Kier molecular flexibility index (Phi) is 4.61. The van der Waals surface area contributed by atoms with Crippen LogP contribution < -0.4 is 10.6 Å². The van der Waals surface area contributed by atoms with Crippen LogP contribution in [0.25, 0.3) is 0 Å². The van der Waals surface area contributed by atoms with Crippen molar-refractivity contribution in [3.05, 3.63) is 39.6 Å². The molecule has 100 valence electrons. The highest BCUT2D eigenvalue weighted by Crippen LogP contribution is 2.32. The number of aromatic nitrogens is 2. The summed E-state index contributed by atoms with van der Waals surface area (Å²) in [6.07, 6.45) is 0.779. The van der Waals surface area contributed by atoms with E-state index in [1.807, 2.05) is 38.2 Å². The summed E-state index contributed by atoms with van der Waals surface area (Å²) in [6, 6.07) is 7.50. The van der Waals surface area contributed by atoms with E-state index in [1.54, 1.807) is 0 Å². The fraction of sp³-hybridized carbons (Fsp3) is 0.231. The average molecular weight is 342 g/mol. The molecular formula is C13H14BrClN4. The highest BCUT2D eigenvalue weighted by molar-refractivity contribution is 9.10. The number of nitrogens with zero attached hydrogens (tertiary/aromatic N) is 2. The van der Waals surface area contributed by atoms with Crippen molar-refractivity contribution in [3.8, 4) is 0 Å². The molecule has 0 spiro atoms. The monoisotopic (exact) mass is 340 g/mol. The number of benzene rings is 1. The molecule has 0 radical (unpaired) electrons. The zero-order valence-electron chi connectivity index (χ0n) is 10.7. The number of anilines is 3. The Morgan fingerprint density at radius 1 is 1.26 bits per heavy atom. The zero-order valence-corrected chi connectivity index (χ0v) is 13.0. The minimum absolute atomic E-state index is 0.656. The fourth-order valence-electron chi connectivity index (χ4n) is 1.59. The molecule has 0 bridgehead atoms. The molecule has 4 nitrogen and oxygen atoms in total. The quantitative estimate of drug-likeness (QED) is 0.873. The van der Waals surface area contributed by atoms with Gasteiger partial charge in [-0.25, -0.2) is 9.97 Å². The van der Waals surface area contributed by atoms with Crippen molar-refractivity contribution in [1.29, 1.82) is 0 Å². The topological polar surface area (TPSA) is 49.8 Å². The molecule has 1 heterocycles. The molecule has 19 heavy (non-hydrogen) atoms. The predicted molar refractivity (Wildman–Crippen MR) is 83.4 cm³/mol. The second-order valence-corrected chi connectivity index (χ2v) is 5.08. The van der Waals surface area contributed by atoms with E-state index in [-0.39, 0.29) is 0 Å². The van der Waals surface area contributed by atoms with Crippen molar-refractivity contribution in [2.45, 2.75) is 13.3 Å². The van der Waals surface area contributed by atoms with E-state index in [2.05, 4.69) is 36.5 Å². The van der Waals surface area contributed by atoms with Gasteiger partial charge in [0.15, 0.2) is 0 Å². The molecule has 1 aromatic heterocycles. The zero-order chi connectivity index (χ0) is 13.8. The smallest absolute Gasteiger partial charge is 0.136 e. The highest BCUT2D eigenvalue weighted by atomic mass is 79.9. The maximum atomic E-state index is 6.07. The third-order valence-electron chi connectivity index (χ3n) is 2.56. The third kappa shape index (κ3) is 3.36. The normalized spacial score (nSPS) is 10.3.